The van der Waals surface area contributed by atoms with Gasteiger partial charge in [0.05, 0.1) is 6.26 Å². The molecule has 1 aliphatic rings. The molecule has 1 saturated heterocycles. The molecular weight excluding hydrogens is 296 g/mol. The molecule has 1 aromatic heterocycles. The number of thioether (sulfide) groups is 1. The third kappa shape index (κ3) is 3.21. The lowest BCUT2D eigenvalue weighted by molar-refractivity contribution is -0.160. The number of amides is 2. The maximum absolute atomic E-state index is 12.1. The minimum Gasteiger partial charge on any atom is -0.466 e. The van der Waals surface area contributed by atoms with Crippen molar-refractivity contribution in [3.8, 4) is 0 Å². The molecule has 0 spiro atoms. The molecule has 0 saturated carbocycles. The minimum absolute atomic E-state index is 0.268. The lowest BCUT2D eigenvalue weighted by atomic mass is 10.2. The maximum Gasteiger partial charge on any atom is 0.330 e. The van der Waals surface area contributed by atoms with Crippen LogP contribution < -0.4 is 5.73 Å². The molecule has 0 unspecified atom stereocenters. The van der Waals surface area contributed by atoms with Gasteiger partial charge < -0.3 is 19.8 Å². The van der Waals surface area contributed by atoms with E-state index in [4.69, 9.17) is 14.9 Å². The summed E-state index contributed by atoms with van der Waals surface area (Å²) in [4.78, 5) is 36.3. The standard InChI is InChI=1S/C13H16N2O5S/c1-7(11(14)17)20-13(18)9-6-21-12(15(9)8(2)16)10-4-3-5-19-10/h3-5,7,9,12H,6H2,1-2H3,(H2,14,17)/t7-,9+,12-/m1/s1. The molecule has 2 heterocycles. The second kappa shape index (κ2) is 6.21. The summed E-state index contributed by atoms with van der Waals surface area (Å²) >= 11 is 1.40. The van der Waals surface area contributed by atoms with Gasteiger partial charge in [-0.1, -0.05) is 0 Å². The van der Waals surface area contributed by atoms with E-state index < -0.39 is 24.0 Å². The van der Waals surface area contributed by atoms with E-state index in [1.165, 1.54) is 36.8 Å². The van der Waals surface area contributed by atoms with E-state index in [2.05, 4.69) is 0 Å². The van der Waals surface area contributed by atoms with Gasteiger partial charge in [0.1, 0.15) is 17.2 Å². The highest BCUT2D eigenvalue weighted by Gasteiger charge is 2.43. The van der Waals surface area contributed by atoms with E-state index in [0.717, 1.165) is 0 Å². The molecule has 0 bridgehead atoms. The van der Waals surface area contributed by atoms with Crippen LogP contribution in [0.2, 0.25) is 0 Å². The fourth-order valence-corrected chi connectivity index (χ4v) is 3.45. The first kappa shape index (κ1) is 15.4. The Balaban J connectivity index is 2.15. The molecular formula is C13H16N2O5S. The zero-order valence-corrected chi connectivity index (χ0v) is 12.5. The summed E-state index contributed by atoms with van der Waals surface area (Å²) in [6.45, 7) is 2.77. The minimum atomic E-state index is -1.03. The van der Waals surface area contributed by atoms with Crippen molar-refractivity contribution in [2.75, 3.05) is 5.75 Å². The normalized spacial score (nSPS) is 22.9. The number of furan rings is 1. The molecule has 1 aliphatic heterocycles. The fraction of sp³-hybridized carbons (Fsp3) is 0.462. The van der Waals surface area contributed by atoms with Gasteiger partial charge >= 0.3 is 5.97 Å². The lowest BCUT2D eigenvalue weighted by Gasteiger charge is -2.26. The Labute approximate surface area is 125 Å². The van der Waals surface area contributed by atoms with E-state index in [1.54, 1.807) is 12.1 Å². The Morgan fingerprint density at radius 2 is 2.24 bits per heavy atom. The average Bonchev–Trinajstić information content (AvgIpc) is 3.06. The molecule has 1 fully saturated rings. The highest BCUT2D eigenvalue weighted by molar-refractivity contribution is 7.99. The molecule has 0 aromatic carbocycles. The van der Waals surface area contributed by atoms with Crippen LogP contribution in [-0.4, -0.2) is 40.6 Å². The number of carbonyl (C=O) groups is 3. The van der Waals surface area contributed by atoms with Gasteiger partial charge in [-0.2, -0.15) is 0 Å². The van der Waals surface area contributed by atoms with E-state index >= 15 is 0 Å². The number of primary amides is 1. The number of rotatable bonds is 4. The van der Waals surface area contributed by atoms with Crippen LogP contribution in [0.3, 0.4) is 0 Å². The van der Waals surface area contributed by atoms with Crippen molar-refractivity contribution in [3.63, 3.8) is 0 Å². The van der Waals surface area contributed by atoms with Crippen LogP contribution >= 0.6 is 11.8 Å². The number of nitrogens with zero attached hydrogens (tertiary/aromatic N) is 1. The molecule has 1 aromatic rings. The quantitative estimate of drug-likeness (QED) is 0.819. The van der Waals surface area contributed by atoms with Gasteiger partial charge in [-0.05, 0) is 19.1 Å². The first-order valence-corrected chi connectivity index (χ1v) is 7.40. The Kier molecular flexibility index (Phi) is 4.56. The SMILES string of the molecule is CC(=O)N1[C@@H](c2ccco2)SC[C@H]1C(=O)O[C@H](C)C(N)=O. The summed E-state index contributed by atoms with van der Waals surface area (Å²) in [5.74, 6) is -0.678. The van der Waals surface area contributed by atoms with Crippen molar-refractivity contribution < 1.29 is 23.5 Å². The van der Waals surface area contributed by atoms with Crippen LogP contribution in [0, 0.1) is 0 Å². The number of carbonyl (C=O) groups excluding carboxylic acids is 3. The third-order valence-corrected chi connectivity index (χ3v) is 4.40. The van der Waals surface area contributed by atoms with Gasteiger partial charge in [0.2, 0.25) is 5.91 Å². The largest absolute Gasteiger partial charge is 0.466 e. The van der Waals surface area contributed by atoms with Crippen LogP contribution in [0.15, 0.2) is 22.8 Å². The maximum atomic E-state index is 12.1. The number of hydrogen-bond acceptors (Lipinski definition) is 6. The highest BCUT2D eigenvalue weighted by atomic mass is 32.2. The second-order valence-corrected chi connectivity index (χ2v) is 5.74. The highest BCUT2D eigenvalue weighted by Crippen LogP contribution is 2.41. The molecule has 2 rings (SSSR count). The Morgan fingerprint density at radius 3 is 2.76 bits per heavy atom. The number of nitrogens with two attached hydrogens (primary N) is 1. The van der Waals surface area contributed by atoms with Crippen molar-refractivity contribution >= 4 is 29.5 Å². The second-order valence-electron chi connectivity index (χ2n) is 4.62. The molecule has 21 heavy (non-hydrogen) atoms. The third-order valence-electron chi connectivity index (χ3n) is 3.12. The van der Waals surface area contributed by atoms with E-state index in [1.807, 2.05) is 0 Å². The first-order valence-electron chi connectivity index (χ1n) is 6.35. The molecule has 0 radical (unpaired) electrons. The summed E-state index contributed by atoms with van der Waals surface area (Å²) in [5.41, 5.74) is 5.06. The summed E-state index contributed by atoms with van der Waals surface area (Å²) in [7, 11) is 0. The Morgan fingerprint density at radius 1 is 1.52 bits per heavy atom. The predicted octanol–water partition coefficient (Wildman–Crippen LogP) is 0.659. The van der Waals surface area contributed by atoms with Crippen LogP contribution in [0.5, 0.6) is 0 Å². The smallest absolute Gasteiger partial charge is 0.330 e. The van der Waals surface area contributed by atoms with Crippen molar-refractivity contribution in [1.82, 2.24) is 4.90 Å². The van der Waals surface area contributed by atoms with Gasteiger partial charge in [0, 0.05) is 12.7 Å². The van der Waals surface area contributed by atoms with Crippen molar-refractivity contribution in [1.29, 1.82) is 0 Å². The van der Waals surface area contributed by atoms with E-state index in [9.17, 15) is 14.4 Å². The molecule has 2 amide bonds. The predicted molar refractivity (Wildman–Crippen MR) is 75.0 cm³/mol. The zero-order chi connectivity index (χ0) is 15.6. The molecule has 8 heteroatoms. The van der Waals surface area contributed by atoms with Crippen molar-refractivity contribution in [2.45, 2.75) is 31.4 Å². The molecule has 114 valence electrons. The number of esters is 1. The summed E-state index contributed by atoms with van der Waals surface area (Å²) in [6, 6.07) is 2.70. The number of ether oxygens (including phenoxy) is 1. The Bertz CT molecular complexity index is 545. The van der Waals surface area contributed by atoms with Crippen LogP contribution in [0.25, 0.3) is 0 Å². The monoisotopic (exact) mass is 312 g/mol. The molecule has 2 N–H and O–H groups in total. The van der Waals surface area contributed by atoms with Crippen molar-refractivity contribution in [3.05, 3.63) is 24.2 Å². The van der Waals surface area contributed by atoms with Gasteiger partial charge in [-0.15, -0.1) is 11.8 Å². The molecule has 3 atom stereocenters. The van der Waals surface area contributed by atoms with Gasteiger partial charge in [-0.25, -0.2) is 4.79 Å². The van der Waals surface area contributed by atoms with E-state index in [-0.39, 0.29) is 11.3 Å². The first-order chi connectivity index (χ1) is 9.91. The van der Waals surface area contributed by atoms with Gasteiger partial charge in [0.25, 0.3) is 5.91 Å². The van der Waals surface area contributed by atoms with Crippen molar-refractivity contribution in [2.24, 2.45) is 5.73 Å². The molecule has 7 nitrogen and oxygen atoms in total. The fourth-order valence-electron chi connectivity index (χ4n) is 2.03. The van der Waals surface area contributed by atoms with Crippen LogP contribution in [0.4, 0.5) is 0 Å². The molecule has 0 aliphatic carbocycles. The van der Waals surface area contributed by atoms with Crippen LogP contribution in [-0.2, 0) is 19.1 Å². The average molecular weight is 312 g/mol. The zero-order valence-electron chi connectivity index (χ0n) is 11.6. The summed E-state index contributed by atoms with van der Waals surface area (Å²) in [6.07, 6.45) is 0.480. The van der Waals surface area contributed by atoms with Gasteiger partial charge in [-0.3, -0.25) is 9.59 Å². The Hall–Kier alpha value is -1.96. The topological polar surface area (TPSA) is 103 Å². The lowest BCUT2D eigenvalue weighted by Crippen LogP contribution is -2.44. The van der Waals surface area contributed by atoms with E-state index in [0.29, 0.717) is 11.5 Å². The number of hydrogen-bond donors (Lipinski definition) is 1. The summed E-state index contributed by atoms with van der Waals surface area (Å²) in [5, 5.41) is -0.376. The van der Waals surface area contributed by atoms with Crippen LogP contribution in [0.1, 0.15) is 25.0 Å². The van der Waals surface area contributed by atoms with Gasteiger partial charge in [0.15, 0.2) is 6.10 Å². The summed E-state index contributed by atoms with van der Waals surface area (Å²) < 4.78 is 10.3.